The minimum Gasteiger partial charge on any atom is -0.410 e. The van der Waals surface area contributed by atoms with E-state index < -0.39 is 9.04 Å². The molecule has 0 spiro atoms. The van der Waals surface area contributed by atoms with Gasteiger partial charge < -0.3 is 4.43 Å². The lowest BCUT2D eigenvalue weighted by Gasteiger charge is -2.30. The largest absolute Gasteiger partial charge is 0.410 e. The Morgan fingerprint density at radius 3 is 2.68 bits per heavy atom. The fraction of sp³-hybridized carbons (Fsp3) is 0.579. The third kappa shape index (κ3) is 4.56. The number of aryl methyl sites for hydroxylation is 1. The maximum atomic E-state index is 6.54. The highest BCUT2D eigenvalue weighted by Gasteiger charge is 2.26. The van der Waals surface area contributed by atoms with E-state index in [1.165, 1.54) is 27.2 Å². The summed E-state index contributed by atoms with van der Waals surface area (Å²) in [6.07, 6.45) is 5.94. The minimum atomic E-state index is -0.777. The first-order valence-electron chi connectivity index (χ1n) is 8.28. The Labute approximate surface area is 146 Å². The van der Waals surface area contributed by atoms with Gasteiger partial charge in [-0.3, -0.25) is 0 Å². The molecule has 0 saturated heterocycles. The van der Waals surface area contributed by atoms with Gasteiger partial charge >= 0.3 is 0 Å². The lowest BCUT2D eigenvalue weighted by Crippen LogP contribution is -2.28. The first kappa shape index (κ1) is 18.0. The highest BCUT2D eigenvalue weighted by atomic mass is 79.9. The van der Waals surface area contributed by atoms with Crippen molar-refractivity contribution in [3.63, 3.8) is 0 Å². The Hall–Kier alpha value is -0.383. The van der Waals surface area contributed by atoms with Crippen LogP contribution in [-0.2, 0) is 10.8 Å². The molecule has 1 unspecified atom stereocenters. The molecule has 2 rings (SSSR count). The molecule has 0 saturated carbocycles. The molecule has 1 aromatic carbocycles. The Bertz CT molecular complexity index is 545. The molecule has 1 atom stereocenters. The van der Waals surface area contributed by atoms with Gasteiger partial charge in [-0.2, -0.15) is 0 Å². The lowest BCUT2D eigenvalue weighted by atomic mass is 9.87. The van der Waals surface area contributed by atoms with Gasteiger partial charge in [0, 0.05) is 4.47 Å². The van der Waals surface area contributed by atoms with Gasteiger partial charge in [-0.05, 0) is 60.0 Å². The lowest BCUT2D eigenvalue weighted by molar-refractivity contribution is 0.247. The molecular weight excluding hydrogens is 352 g/mol. The Balaban J connectivity index is 2.20. The van der Waals surface area contributed by atoms with Gasteiger partial charge in [0.05, 0.1) is 6.10 Å². The summed E-state index contributed by atoms with van der Waals surface area (Å²) in [4.78, 5) is 0. The SMILES string of the molecule is CCC(O[Si](C)CC(C)(C)C)C1=CCCc2cccc(Br)c21. The predicted octanol–water partition coefficient (Wildman–Crippen LogP) is 6.24. The van der Waals surface area contributed by atoms with E-state index in [9.17, 15) is 0 Å². The summed E-state index contributed by atoms with van der Waals surface area (Å²) < 4.78 is 7.75. The zero-order valence-electron chi connectivity index (χ0n) is 14.5. The summed E-state index contributed by atoms with van der Waals surface area (Å²) >= 11 is 3.75. The topological polar surface area (TPSA) is 9.23 Å². The Kier molecular flexibility index (Phi) is 6.09. The summed E-state index contributed by atoms with van der Waals surface area (Å²) in [7, 11) is -0.777. The standard InChI is InChI=1S/C19H28BrOSi/c1-6-17(21-22(5)13-19(2,3)4)15-11-7-9-14-10-8-12-16(20)18(14)15/h8,10-12,17H,6-7,9,13H2,1-5H3. The first-order valence-corrected chi connectivity index (χ1v) is 11.2. The summed E-state index contributed by atoms with van der Waals surface area (Å²) in [5.41, 5.74) is 4.58. The number of halogens is 1. The van der Waals surface area contributed by atoms with Gasteiger partial charge in [-0.15, -0.1) is 0 Å². The van der Waals surface area contributed by atoms with Crippen molar-refractivity contribution in [2.45, 2.75) is 65.7 Å². The van der Waals surface area contributed by atoms with Crippen LogP contribution in [0.1, 0.15) is 51.7 Å². The van der Waals surface area contributed by atoms with Crippen LogP contribution in [0.5, 0.6) is 0 Å². The third-order valence-electron chi connectivity index (χ3n) is 4.01. The molecule has 121 valence electrons. The summed E-state index contributed by atoms with van der Waals surface area (Å²) in [5, 5.41) is 0. The highest BCUT2D eigenvalue weighted by Crippen LogP contribution is 2.37. The van der Waals surface area contributed by atoms with E-state index >= 15 is 0 Å². The van der Waals surface area contributed by atoms with Gasteiger partial charge in [-0.1, -0.05) is 61.8 Å². The normalized spacial score (nSPS) is 16.4. The molecule has 1 nitrogen and oxygen atoms in total. The van der Waals surface area contributed by atoms with Gasteiger partial charge in [0.15, 0.2) is 0 Å². The Morgan fingerprint density at radius 2 is 2.05 bits per heavy atom. The zero-order valence-corrected chi connectivity index (χ0v) is 17.1. The van der Waals surface area contributed by atoms with Crippen molar-refractivity contribution in [3.8, 4) is 0 Å². The van der Waals surface area contributed by atoms with Crippen molar-refractivity contribution >= 4 is 30.5 Å². The number of rotatable bonds is 5. The van der Waals surface area contributed by atoms with Crippen molar-refractivity contribution in [2.75, 3.05) is 0 Å². The van der Waals surface area contributed by atoms with E-state index in [1.807, 2.05) is 0 Å². The fourth-order valence-electron chi connectivity index (χ4n) is 3.28. The molecule has 0 aromatic heterocycles. The van der Waals surface area contributed by atoms with E-state index in [0.29, 0.717) is 5.41 Å². The van der Waals surface area contributed by atoms with Gasteiger partial charge in [-0.25, -0.2) is 0 Å². The van der Waals surface area contributed by atoms with Crippen molar-refractivity contribution in [2.24, 2.45) is 5.41 Å². The van der Waals surface area contributed by atoms with Crippen molar-refractivity contribution in [1.29, 1.82) is 0 Å². The molecular formula is C19H28BrOSi. The molecule has 1 aliphatic rings. The average molecular weight is 380 g/mol. The van der Waals surface area contributed by atoms with Crippen LogP contribution in [-0.4, -0.2) is 15.1 Å². The number of allylic oxidation sites excluding steroid dienone is 1. The minimum absolute atomic E-state index is 0.235. The molecule has 1 radical (unpaired) electrons. The predicted molar refractivity (Wildman–Crippen MR) is 101 cm³/mol. The number of benzene rings is 1. The maximum absolute atomic E-state index is 6.54. The molecule has 3 heteroatoms. The quantitative estimate of drug-likeness (QED) is 0.549. The van der Waals surface area contributed by atoms with Crippen molar-refractivity contribution in [1.82, 2.24) is 0 Å². The third-order valence-corrected chi connectivity index (χ3v) is 6.91. The number of hydrogen-bond donors (Lipinski definition) is 0. The smallest absolute Gasteiger partial charge is 0.209 e. The second kappa shape index (κ2) is 7.46. The van der Waals surface area contributed by atoms with Gasteiger partial charge in [0.25, 0.3) is 0 Å². The second-order valence-electron chi connectivity index (χ2n) is 7.43. The van der Waals surface area contributed by atoms with Crippen LogP contribution in [0.4, 0.5) is 0 Å². The summed E-state index contributed by atoms with van der Waals surface area (Å²) in [5.74, 6) is 0. The van der Waals surface area contributed by atoms with E-state index in [2.05, 4.69) is 74.4 Å². The monoisotopic (exact) mass is 379 g/mol. The van der Waals surface area contributed by atoms with Crippen LogP contribution >= 0.6 is 15.9 Å². The van der Waals surface area contributed by atoms with Crippen LogP contribution in [0.25, 0.3) is 5.57 Å². The molecule has 0 amide bonds. The number of hydrogen-bond acceptors (Lipinski definition) is 1. The van der Waals surface area contributed by atoms with E-state index in [0.717, 1.165) is 19.3 Å². The van der Waals surface area contributed by atoms with Crippen LogP contribution in [0, 0.1) is 5.41 Å². The van der Waals surface area contributed by atoms with Gasteiger partial charge in [0.2, 0.25) is 9.04 Å². The van der Waals surface area contributed by atoms with Crippen molar-refractivity contribution in [3.05, 3.63) is 39.9 Å². The molecule has 0 bridgehead atoms. The summed E-state index contributed by atoms with van der Waals surface area (Å²) in [6.45, 7) is 11.5. The molecule has 0 aliphatic heterocycles. The first-order chi connectivity index (χ1) is 10.3. The fourth-order valence-corrected chi connectivity index (χ4v) is 6.27. The molecule has 1 aromatic rings. The van der Waals surface area contributed by atoms with Crippen LogP contribution < -0.4 is 0 Å². The molecule has 22 heavy (non-hydrogen) atoms. The van der Waals surface area contributed by atoms with Crippen LogP contribution in [0.3, 0.4) is 0 Å². The zero-order chi connectivity index (χ0) is 16.3. The average Bonchev–Trinajstić information content (AvgIpc) is 2.42. The maximum Gasteiger partial charge on any atom is 0.209 e. The van der Waals surface area contributed by atoms with Crippen LogP contribution in [0.15, 0.2) is 28.7 Å². The number of fused-ring (bicyclic) bond motifs is 1. The second-order valence-corrected chi connectivity index (χ2v) is 10.3. The molecule has 0 heterocycles. The van der Waals surface area contributed by atoms with E-state index in [4.69, 9.17) is 4.43 Å². The highest BCUT2D eigenvalue weighted by molar-refractivity contribution is 9.10. The van der Waals surface area contributed by atoms with Crippen LogP contribution in [0.2, 0.25) is 12.6 Å². The van der Waals surface area contributed by atoms with E-state index in [1.54, 1.807) is 0 Å². The van der Waals surface area contributed by atoms with Gasteiger partial charge in [0.1, 0.15) is 0 Å². The van der Waals surface area contributed by atoms with Crippen molar-refractivity contribution < 1.29 is 4.43 Å². The molecule has 0 fully saturated rings. The molecule has 0 N–H and O–H groups in total. The Morgan fingerprint density at radius 1 is 1.32 bits per heavy atom. The molecule has 1 aliphatic carbocycles. The van der Waals surface area contributed by atoms with E-state index in [-0.39, 0.29) is 6.10 Å². The summed E-state index contributed by atoms with van der Waals surface area (Å²) in [6, 6.07) is 7.73.